The van der Waals surface area contributed by atoms with Crippen LogP contribution in [0.15, 0.2) is 34.7 Å². The molecule has 0 aromatic carbocycles. The van der Waals surface area contributed by atoms with Crippen LogP contribution in [-0.4, -0.2) is 70.4 Å². The third kappa shape index (κ3) is 4.32. The van der Waals surface area contributed by atoms with Gasteiger partial charge in [-0.05, 0) is 43.2 Å². The van der Waals surface area contributed by atoms with Crippen LogP contribution in [0.5, 0.6) is 0 Å². The molecule has 0 radical (unpaired) electrons. The number of rotatable bonds is 9. The van der Waals surface area contributed by atoms with Crippen molar-refractivity contribution in [3.63, 3.8) is 0 Å². The summed E-state index contributed by atoms with van der Waals surface area (Å²) < 4.78 is 36.0. The highest BCUT2D eigenvalue weighted by Crippen LogP contribution is 2.82. The Balaban J connectivity index is 1.66. The molecule has 5 aliphatic rings. The zero-order valence-corrected chi connectivity index (χ0v) is 29.9. The predicted octanol–water partition coefficient (Wildman–Crippen LogP) is 4.56. The van der Waals surface area contributed by atoms with Gasteiger partial charge in [0.2, 0.25) is 5.79 Å². The standard InChI is InChI=1S/C37H50O12/c1-10-19(3)28(40)47-30-32(5,6)23(16-25(38)44-9)34(8)22-12-14-33(7)24(17-26(39)46-27(33)21-13-15-45-18-21)35(22)31(48-29(41)20(4)11-2)36(30,42)37(34,43)49-35/h13,15,17-20,22-23,27,30-31,42-43H,10-12,14,16H2,1-9H3/t19?,20?,22-,23+,27+,30+,31?,33-,34-,35+,36+,37-/m1/s1. The Hall–Kier alpha value is -3.22. The van der Waals surface area contributed by atoms with E-state index in [1.54, 1.807) is 40.7 Å². The molecular formula is C37H50O12. The van der Waals surface area contributed by atoms with Crippen molar-refractivity contribution in [2.24, 2.45) is 39.9 Å². The minimum absolute atomic E-state index is 0.195. The van der Waals surface area contributed by atoms with Crippen LogP contribution in [0.4, 0.5) is 0 Å². The van der Waals surface area contributed by atoms with E-state index < -0.39 is 99.1 Å². The van der Waals surface area contributed by atoms with Gasteiger partial charge in [0.15, 0.2) is 11.7 Å². The number of furan rings is 1. The molecule has 1 aromatic heterocycles. The second kappa shape index (κ2) is 11.4. The summed E-state index contributed by atoms with van der Waals surface area (Å²) in [5, 5.41) is 26.7. The van der Waals surface area contributed by atoms with Gasteiger partial charge >= 0.3 is 23.9 Å². The number of hydrogen-bond donors (Lipinski definition) is 2. The molecule has 2 saturated heterocycles. The second-order valence-corrected chi connectivity index (χ2v) is 16.0. The molecule has 1 spiro atoms. The lowest BCUT2D eigenvalue weighted by Gasteiger charge is -2.69. The number of ether oxygens (including phenoxy) is 5. The molecule has 12 nitrogen and oxygen atoms in total. The Morgan fingerprint density at radius 1 is 1.00 bits per heavy atom. The van der Waals surface area contributed by atoms with Gasteiger partial charge in [-0.3, -0.25) is 14.4 Å². The van der Waals surface area contributed by atoms with Gasteiger partial charge < -0.3 is 38.3 Å². The lowest BCUT2D eigenvalue weighted by Crippen LogP contribution is -2.84. The molecule has 0 amide bonds. The van der Waals surface area contributed by atoms with Crippen LogP contribution in [0.25, 0.3) is 0 Å². The number of cyclic esters (lactones) is 1. The third-order valence-corrected chi connectivity index (χ3v) is 13.3. The molecule has 2 N–H and O–H groups in total. The van der Waals surface area contributed by atoms with Gasteiger partial charge in [0.1, 0.15) is 17.8 Å². The van der Waals surface area contributed by atoms with Crippen LogP contribution in [0, 0.1) is 39.9 Å². The van der Waals surface area contributed by atoms with Crippen molar-refractivity contribution in [2.75, 3.05) is 7.11 Å². The maximum absolute atomic E-state index is 13.9. The largest absolute Gasteiger partial charge is 0.472 e. The zero-order chi connectivity index (χ0) is 36.1. The van der Waals surface area contributed by atoms with Crippen LogP contribution in [0.3, 0.4) is 0 Å². The average molecular weight is 687 g/mol. The van der Waals surface area contributed by atoms with Crippen molar-refractivity contribution in [3.05, 3.63) is 35.8 Å². The van der Waals surface area contributed by atoms with Crippen LogP contribution >= 0.6 is 0 Å². The van der Waals surface area contributed by atoms with Crippen molar-refractivity contribution >= 4 is 23.9 Å². The summed E-state index contributed by atoms with van der Waals surface area (Å²) in [6, 6.07) is 1.71. The van der Waals surface area contributed by atoms with Crippen LogP contribution in [-0.2, 0) is 42.9 Å². The van der Waals surface area contributed by atoms with E-state index in [0.717, 1.165) is 0 Å². The van der Waals surface area contributed by atoms with E-state index in [4.69, 9.17) is 28.1 Å². The first-order valence-corrected chi connectivity index (χ1v) is 17.4. The van der Waals surface area contributed by atoms with Crippen molar-refractivity contribution < 1.29 is 57.5 Å². The Morgan fingerprint density at radius 2 is 1.61 bits per heavy atom. The number of fused-ring (bicyclic) bond motifs is 2. The monoisotopic (exact) mass is 686 g/mol. The van der Waals surface area contributed by atoms with Gasteiger partial charge in [-0.2, -0.15) is 0 Å². The van der Waals surface area contributed by atoms with Gasteiger partial charge in [0.05, 0.1) is 31.5 Å². The zero-order valence-electron chi connectivity index (χ0n) is 29.9. The number of aliphatic hydroxyl groups is 2. The lowest BCUT2D eigenvalue weighted by molar-refractivity contribution is -0.386. The molecule has 1 aromatic rings. The van der Waals surface area contributed by atoms with Crippen LogP contribution in [0.1, 0.15) is 99.2 Å². The van der Waals surface area contributed by atoms with Crippen molar-refractivity contribution in [1.82, 2.24) is 0 Å². The van der Waals surface area contributed by atoms with Gasteiger partial charge in [0, 0.05) is 40.2 Å². The first-order chi connectivity index (χ1) is 22.9. The first kappa shape index (κ1) is 35.6. The molecule has 4 heterocycles. The number of carbonyl (C=O) groups excluding carboxylic acids is 4. The van der Waals surface area contributed by atoms with E-state index in [0.29, 0.717) is 36.8 Å². The molecule has 2 aliphatic carbocycles. The normalized spacial score (nSPS) is 42.6. The van der Waals surface area contributed by atoms with Crippen LogP contribution < -0.4 is 0 Å². The van der Waals surface area contributed by atoms with Crippen LogP contribution in [0.2, 0.25) is 0 Å². The fourth-order valence-electron chi connectivity index (χ4n) is 10.4. The summed E-state index contributed by atoms with van der Waals surface area (Å²) >= 11 is 0. The smallest absolute Gasteiger partial charge is 0.331 e. The summed E-state index contributed by atoms with van der Waals surface area (Å²) in [5.74, 6) is -7.67. The minimum Gasteiger partial charge on any atom is -0.472 e. The maximum atomic E-state index is 13.9. The van der Waals surface area contributed by atoms with Crippen molar-refractivity contribution in [1.29, 1.82) is 0 Å². The SMILES string of the molecule is CCC(C)C(=O)OC1[C@@]2(O)[C@@H](OC(=O)C(C)CC)C(C)(C)[C@H](CC(=O)OC)[C@@]3(C)[C@H]4CC[C@]5(C)C(=CC(=O)O[C@H]5c5ccoc5)[C@]14O[C@]32O. The molecule has 12 atom stereocenters. The second-order valence-electron chi connectivity index (χ2n) is 16.0. The highest BCUT2D eigenvalue weighted by Gasteiger charge is 2.96. The molecule has 2 saturated carbocycles. The number of carbonyl (C=O) groups is 4. The highest BCUT2D eigenvalue weighted by atomic mass is 16.7. The molecule has 12 heteroatoms. The van der Waals surface area contributed by atoms with Gasteiger partial charge in [-0.15, -0.1) is 0 Å². The first-order valence-electron chi connectivity index (χ1n) is 17.4. The molecule has 270 valence electrons. The number of hydrogen-bond acceptors (Lipinski definition) is 12. The fourth-order valence-corrected chi connectivity index (χ4v) is 10.4. The van der Waals surface area contributed by atoms with E-state index in [-0.39, 0.29) is 6.42 Å². The summed E-state index contributed by atoms with van der Waals surface area (Å²) in [6.07, 6.45) is 1.82. The molecule has 49 heavy (non-hydrogen) atoms. The van der Waals surface area contributed by atoms with Gasteiger partial charge in [-0.1, -0.05) is 55.4 Å². The topological polar surface area (TPSA) is 168 Å². The Morgan fingerprint density at radius 3 is 2.16 bits per heavy atom. The molecular weight excluding hydrogens is 636 g/mol. The molecule has 3 unspecified atom stereocenters. The quantitative estimate of drug-likeness (QED) is 0.275. The summed E-state index contributed by atoms with van der Waals surface area (Å²) in [6.45, 7) is 14.3. The molecule has 3 aliphatic heterocycles. The van der Waals surface area contributed by atoms with E-state index in [1.807, 2.05) is 20.8 Å². The van der Waals surface area contributed by atoms with Gasteiger partial charge in [0.25, 0.3) is 0 Å². The Bertz CT molecular complexity index is 1560. The third-order valence-electron chi connectivity index (χ3n) is 13.3. The average Bonchev–Trinajstić information content (AvgIpc) is 3.72. The summed E-state index contributed by atoms with van der Waals surface area (Å²) in [5.41, 5.74) is -6.93. The van der Waals surface area contributed by atoms with Crippen molar-refractivity contribution in [2.45, 2.75) is 123 Å². The number of methoxy groups -OCH3 is 1. The van der Waals surface area contributed by atoms with E-state index in [9.17, 15) is 29.4 Å². The van der Waals surface area contributed by atoms with E-state index in [2.05, 4.69) is 0 Å². The molecule has 2 bridgehead atoms. The molecule has 6 rings (SSSR count). The Labute approximate surface area is 286 Å². The van der Waals surface area contributed by atoms with Gasteiger partial charge in [-0.25, -0.2) is 4.79 Å². The number of esters is 4. The van der Waals surface area contributed by atoms with Crippen molar-refractivity contribution in [3.8, 4) is 0 Å². The maximum Gasteiger partial charge on any atom is 0.331 e. The molecule has 4 fully saturated rings. The highest BCUT2D eigenvalue weighted by molar-refractivity contribution is 5.86. The summed E-state index contributed by atoms with van der Waals surface area (Å²) in [4.78, 5) is 54.2. The van der Waals surface area contributed by atoms with E-state index in [1.165, 1.54) is 25.7 Å². The summed E-state index contributed by atoms with van der Waals surface area (Å²) in [7, 11) is 1.27. The predicted molar refractivity (Wildman–Crippen MR) is 171 cm³/mol. The lowest BCUT2D eigenvalue weighted by atomic mass is 9.36. The Kier molecular flexibility index (Phi) is 8.28. The fraction of sp³-hybridized carbons (Fsp3) is 0.730. The minimum atomic E-state index is -2.55. The van der Waals surface area contributed by atoms with E-state index >= 15 is 0 Å².